The second kappa shape index (κ2) is 48.6. The van der Waals surface area contributed by atoms with E-state index in [2.05, 4.69) is 68.6 Å². The molecule has 3 unspecified atom stereocenters. The van der Waals surface area contributed by atoms with E-state index in [0.29, 0.717) is 19.3 Å². The molecule has 0 rings (SSSR count). The summed E-state index contributed by atoms with van der Waals surface area (Å²) in [7, 11) is 0. The molecule has 354 valence electrons. The van der Waals surface area contributed by atoms with Gasteiger partial charge in [-0.15, -0.1) is 0 Å². The number of nitrogens with one attached hydrogen (secondary N) is 1. The third-order valence-electron chi connectivity index (χ3n) is 11.7. The molecule has 0 aromatic heterocycles. The van der Waals surface area contributed by atoms with Gasteiger partial charge in [-0.2, -0.15) is 0 Å². The topological polar surface area (TPSA) is 95.9 Å². The fraction of sp³-hybridized carbons (Fsp3) is 0.782. The van der Waals surface area contributed by atoms with Crippen LogP contribution in [0, 0.1) is 0 Å². The van der Waals surface area contributed by atoms with Crippen LogP contribution in [-0.2, 0) is 14.3 Å². The first kappa shape index (κ1) is 58.6. The maximum absolute atomic E-state index is 13.2. The number of carbonyl (C=O) groups is 2. The number of ether oxygens (including phenoxy) is 1. The van der Waals surface area contributed by atoms with Crippen molar-refractivity contribution in [3.63, 3.8) is 0 Å². The van der Waals surface area contributed by atoms with E-state index in [0.717, 1.165) is 89.9 Å². The lowest BCUT2D eigenvalue weighted by atomic mass is 10.0. The molecule has 6 heteroatoms. The van der Waals surface area contributed by atoms with Gasteiger partial charge in [0.25, 0.3) is 0 Å². The van der Waals surface area contributed by atoms with Crippen LogP contribution in [0.25, 0.3) is 0 Å². The van der Waals surface area contributed by atoms with E-state index < -0.39 is 18.2 Å². The molecule has 6 nitrogen and oxygen atoms in total. The molecule has 0 heterocycles. The number of aliphatic hydroxyl groups excluding tert-OH is 2. The van der Waals surface area contributed by atoms with E-state index in [1.165, 1.54) is 116 Å². The van der Waals surface area contributed by atoms with Gasteiger partial charge < -0.3 is 20.3 Å². The van der Waals surface area contributed by atoms with Crippen LogP contribution in [0.5, 0.6) is 0 Å². The van der Waals surface area contributed by atoms with Crippen LogP contribution < -0.4 is 5.32 Å². The van der Waals surface area contributed by atoms with Gasteiger partial charge in [-0.3, -0.25) is 9.59 Å². The lowest BCUT2D eigenvalue weighted by Gasteiger charge is -2.24. The van der Waals surface area contributed by atoms with Gasteiger partial charge in [0.15, 0.2) is 0 Å². The number of carbonyl (C=O) groups excluding carboxylic acids is 2. The molecule has 0 fully saturated rings. The average molecular weight is 854 g/mol. The number of hydrogen-bond acceptors (Lipinski definition) is 5. The molecular weight excluding hydrogens is 755 g/mol. The molecule has 0 aromatic carbocycles. The molecule has 3 atom stereocenters. The van der Waals surface area contributed by atoms with Gasteiger partial charge >= 0.3 is 5.97 Å². The van der Waals surface area contributed by atoms with Crippen molar-refractivity contribution < 1.29 is 24.5 Å². The fourth-order valence-corrected chi connectivity index (χ4v) is 7.73. The molecule has 0 bridgehead atoms. The zero-order chi connectivity index (χ0) is 44.5. The first-order chi connectivity index (χ1) is 30.0. The summed E-state index contributed by atoms with van der Waals surface area (Å²) < 4.78 is 5.93. The molecule has 0 radical (unpaired) electrons. The number of allylic oxidation sites excluding steroid dienone is 10. The van der Waals surface area contributed by atoms with Crippen LogP contribution in [0.15, 0.2) is 60.8 Å². The molecule has 0 saturated heterocycles. The summed E-state index contributed by atoms with van der Waals surface area (Å²) in [5, 5.41) is 23.8. The Bertz CT molecular complexity index is 1090. The summed E-state index contributed by atoms with van der Waals surface area (Å²) in [5.74, 6) is -0.506. The van der Waals surface area contributed by atoms with Crippen LogP contribution in [0.3, 0.4) is 0 Å². The highest BCUT2D eigenvalue weighted by molar-refractivity contribution is 5.77. The predicted octanol–water partition coefficient (Wildman–Crippen LogP) is 15.6. The summed E-state index contributed by atoms with van der Waals surface area (Å²) >= 11 is 0. The number of amides is 1. The van der Waals surface area contributed by atoms with Gasteiger partial charge in [0.05, 0.1) is 25.2 Å². The molecule has 0 saturated carbocycles. The van der Waals surface area contributed by atoms with E-state index in [9.17, 15) is 19.8 Å². The van der Waals surface area contributed by atoms with Gasteiger partial charge in [0.2, 0.25) is 5.91 Å². The molecule has 0 aromatic rings. The maximum Gasteiger partial charge on any atom is 0.306 e. The summed E-state index contributed by atoms with van der Waals surface area (Å²) in [6.07, 6.45) is 59.9. The molecule has 61 heavy (non-hydrogen) atoms. The summed E-state index contributed by atoms with van der Waals surface area (Å²) in [5.41, 5.74) is 0. The van der Waals surface area contributed by atoms with Crippen LogP contribution in [0.2, 0.25) is 0 Å². The lowest BCUT2D eigenvalue weighted by Crippen LogP contribution is -2.46. The van der Waals surface area contributed by atoms with E-state index in [-0.39, 0.29) is 24.9 Å². The third-order valence-corrected chi connectivity index (χ3v) is 11.7. The Morgan fingerprint density at radius 1 is 0.492 bits per heavy atom. The largest absolute Gasteiger partial charge is 0.462 e. The molecule has 0 aliphatic heterocycles. The minimum absolute atomic E-state index is 0.0614. The second-order valence-electron chi connectivity index (χ2n) is 17.6. The third kappa shape index (κ3) is 44.0. The number of aliphatic hydroxyl groups is 2. The molecule has 0 aliphatic rings. The Hall–Kier alpha value is -2.44. The highest BCUT2D eigenvalue weighted by Gasteiger charge is 2.24. The van der Waals surface area contributed by atoms with Crippen molar-refractivity contribution in [2.45, 2.75) is 270 Å². The van der Waals surface area contributed by atoms with Crippen LogP contribution in [0.4, 0.5) is 0 Å². The second-order valence-corrected chi connectivity index (χ2v) is 17.6. The van der Waals surface area contributed by atoms with Crippen molar-refractivity contribution in [1.29, 1.82) is 0 Å². The standard InChI is InChI=1S/C55H99NO5/c1-4-7-10-13-16-19-22-25-27-29-31-34-37-40-43-46-51(61-55(60)48-45-42-39-36-33-30-28-26-23-20-17-14-11-8-5-2)49-54(59)56-52(50-57)53(58)47-44-41-38-35-32-24-21-18-15-12-9-6-3/h8,11,14,17,20,23,25-28,51-53,57-58H,4-7,9-10,12-13,15-16,18-19,21-22,24,29-50H2,1-3H3,(H,56,59)/b11-8+,17-14+,23-20+,27-25+,28-26-. The minimum Gasteiger partial charge on any atom is -0.462 e. The van der Waals surface area contributed by atoms with Gasteiger partial charge in [-0.1, -0.05) is 229 Å². The molecule has 1 amide bonds. The van der Waals surface area contributed by atoms with Crippen molar-refractivity contribution >= 4 is 11.9 Å². The number of hydrogen-bond donors (Lipinski definition) is 3. The Morgan fingerprint density at radius 3 is 1.39 bits per heavy atom. The molecule has 3 N–H and O–H groups in total. The summed E-state index contributed by atoms with van der Waals surface area (Å²) in [6, 6.07) is -0.710. The van der Waals surface area contributed by atoms with Gasteiger partial charge in [0.1, 0.15) is 6.10 Å². The molecule has 0 aliphatic carbocycles. The van der Waals surface area contributed by atoms with Crippen LogP contribution in [0.1, 0.15) is 252 Å². The number of unbranched alkanes of at least 4 members (excludes halogenated alkanes) is 27. The van der Waals surface area contributed by atoms with Crippen LogP contribution >= 0.6 is 0 Å². The molecular formula is C55H99NO5. The highest BCUT2D eigenvalue weighted by Crippen LogP contribution is 2.18. The number of rotatable bonds is 46. The number of esters is 1. The Labute approximate surface area is 378 Å². The molecule has 0 spiro atoms. The zero-order valence-electron chi connectivity index (χ0n) is 40.3. The minimum atomic E-state index is -0.795. The quantitative estimate of drug-likeness (QED) is 0.0245. The van der Waals surface area contributed by atoms with Gasteiger partial charge in [0, 0.05) is 6.42 Å². The summed E-state index contributed by atoms with van der Waals surface area (Å²) in [6.45, 7) is 6.34. The normalized spacial score (nSPS) is 13.7. The van der Waals surface area contributed by atoms with E-state index in [1.54, 1.807) is 0 Å². The van der Waals surface area contributed by atoms with Crippen molar-refractivity contribution in [1.82, 2.24) is 5.32 Å². The smallest absolute Gasteiger partial charge is 0.306 e. The van der Waals surface area contributed by atoms with Crippen molar-refractivity contribution in [2.24, 2.45) is 0 Å². The maximum atomic E-state index is 13.2. The predicted molar refractivity (Wildman–Crippen MR) is 264 cm³/mol. The Balaban J connectivity index is 4.64. The SMILES string of the molecule is CC/C=C/C=C/C=C/C=C\CCCCCCCC(=O)OC(CCCCCCC/C=C/CCCCCCCC)CC(=O)NC(CO)C(O)CCCCCCCCCCCCCC. The van der Waals surface area contributed by atoms with E-state index >= 15 is 0 Å². The first-order valence-electron chi connectivity index (χ1n) is 26.1. The average Bonchev–Trinajstić information content (AvgIpc) is 3.25. The summed E-state index contributed by atoms with van der Waals surface area (Å²) in [4.78, 5) is 26.2. The van der Waals surface area contributed by atoms with Gasteiger partial charge in [-0.05, 0) is 70.6 Å². The van der Waals surface area contributed by atoms with Crippen molar-refractivity contribution in [3.05, 3.63) is 60.8 Å². The van der Waals surface area contributed by atoms with E-state index in [1.807, 2.05) is 18.2 Å². The Morgan fingerprint density at radius 2 is 0.902 bits per heavy atom. The van der Waals surface area contributed by atoms with Gasteiger partial charge in [-0.25, -0.2) is 0 Å². The zero-order valence-corrected chi connectivity index (χ0v) is 40.3. The monoisotopic (exact) mass is 854 g/mol. The lowest BCUT2D eigenvalue weighted by molar-refractivity contribution is -0.151. The van der Waals surface area contributed by atoms with E-state index in [4.69, 9.17) is 4.74 Å². The van der Waals surface area contributed by atoms with Crippen LogP contribution in [-0.4, -0.2) is 46.9 Å². The van der Waals surface area contributed by atoms with Crippen molar-refractivity contribution in [2.75, 3.05) is 6.61 Å². The Kier molecular flexibility index (Phi) is 46.6. The van der Waals surface area contributed by atoms with Crippen molar-refractivity contribution in [3.8, 4) is 0 Å². The fourth-order valence-electron chi connectivity index (χ4n) is 7.73. The first-order valence-corrected chi connectivity index (χ1v) is 26.1. The highest BCUT2D eigenvalue weighted by atomic mass is 16.5.